The number of ether oxygens (including phenoxy) is 1. The summed E-state index contributed by atoms with van der Waals surface area (Å²) in [6, 6.07) is 6.78. The normalized spacial score (nSPS) is 25.1. The van der Waals surface area contributed by atoms with Crippen LogP contribution in [0.15, 0.2) is 24.3 Å². The third kappa shape index (κ3) is 2.39. The molecule has 1 aromatic rings. The molecule has 86 valence electrons. The lowest BCUT2D eigenvalue weighted by Crippen LogP contribution is -2.00. The van der Waals surface area contributed by atoms with Gasteiger partial charge in [0.05, 0.1) is 17.1 Å². The van der Waals surface area contributed by atoms with Crippen molar-refractivity contribution in [1.29, 1.82) is 0 Å². The Balaban J connectivity index is 2.00. The molecule has 4 heteroatoms. The Morgan fingerprint density at radius 3 is 2.44 bits per heavy atom. The van der Waals surface area contributed by atoms with E-state index in [0.29, 0.717) is 18.1 Å². The number of epoxide rings is 1. The number of hydrogen-bond donors (Lipinski definition) is 0. The largest absolute Gasteiger partial charge is 0.370 e. The highest BCUT2D eigenvalue weighted by Crippen LogP contribution is 2.32. The van der Waals surface area contributed by atoms with Crippen molar-refractivity contribution in [2.24, 2.45) is 0 Å². The summed E-state index contributed by atoms with van der Waals surface area (Å²) >= 11 is 0. The van der Waals surface area contributed by atoms with Crippen molar-refractivity contribution in [3.63, 3.8) is 0 Å². The number of nitrogens with zero attached hydrogens (tertiary/aromatic N) is 1. The van der Waals surface area contributed by atoms with Crippen LogP contribution in [0.1, 0.15) is 31.7 Å². The summed E-state index contributed by atoms with van der Waals surface area (Å²) in [6.45, 7) is 4.18. The van der Waals surface area contributed by atoms with Crippen LogP contribution in [0.25, 0.3) is 0 Å². The molecule has 0 amide bonds. The standard InChI is InChI=1S/C12H15NO3/c1-8(7-12-9(2)16-12)10-3-5-11(6-4-10)13(14)15/h3-6,8-9,12H,7H2,1-2H3. The van der Waals surface area contributed by atoms with E-state index in [2.05, 4.69) is 13.8 Å². The van der Waals surface area contributed by atoms with E-state index in [4.69, 9.17) is 4.74 Å². The molecule has 1 aliphatic rings. The number of benzene rings is 1. The fourth-order valence-corrected chi connectivity index (χ4v) is 1.89. The second-order valence-electron chi connectivity index (χ2n) is 4.37. The Hall–Kier alpha value is -1.42. The molecule has 0 N–H and O–H groups in total. The molecule has 3 atom stereocenters. The lowest BCUT2D eigenvalue weighted by molar-refractivity contribution is -0.384. The number of nitro benzene ring substituents is 1. The predicted molar refractivity (Wildman–Crippen MR) is 60.5 cm³/mol. The molecule has 0 bridgehead atoms. The van der Waals surface area contributed by atoms with E-state index in [-0.39, 0.29) is 10.6 Å². The lowest BCUT2D eigenvalue weighted by Gasteiger charge is -2.09. The van der Waals surface area contributed by atoms with Gasteiger partial charge in [0.1, 0.15) is 0 Å². The van der Waals surface area contributed by atoms with Crippen molar-refractivity contribution in [3.05, 3.63) is 39.9 Å². The van der Waals surface area contributed by atoms with E-state index in [1.807, 2.05) is 12.1 Å². The third-order valence-corrected chi connectivity index (χ3v) is 3.10. The molecule has 2 rings (SSSR count). The first-order chi connectivity index (χ1) is 7.58. The monoisotopic (exact) mass is 221 g/mol. The Morgan fingerprint density at radius 2 is 2.00 bits per heavy atom. The molecule has 3 unspecified atom stereocenters. The smallest absolute Gasteiger partial charge is 0.269 e. The molecule has 16 heavy (non-hydrogen) atoms. The molecule has 1 fully saturated rings. The summed E-state index contributed by atoms with van der Waals surface area (Å²) in [4.78, 5) is 10.1. The van der Waals surface area contributed by atoms with E-state index in [0.717, 1.165) is 12.0 Å². The van der Waals surface area contributed by atoms with Gasteiger partial charge in [-0.25, -0.2) is 0 Å². The van der Waals surface area contributed by atoms with Crippen LogP contribution in [0, 0.1) is 10.1 Å². The van der Waals surface area contributed by atoms with Gasteiger partial charge in [0.15, 0.2) is 0 Å². The minimum Gasteiger partial charge on any atom is -0.370 e. The lowest BCUT2D eigenvalue weighted by atomic mass is 9.95. The Morgan fingerprint density at radius 1 is 1.44 bits per heavy atom. The number of hydrogen-bond acceptors (Lipinski definition) is 3. The first kappa shape index (κ1) is 11.1. The maximum absolute atomic E-state index is 10.5. The van der Waals surface area contributed by atoms with Gasteiger partial charge < -0.3 is 4.74 Å². The topological polar surface area (TPSA) is 55.7 Å². The molecule has 0 aromatic heterocycles. The number of rotatable bonds is 4. The molecular formula is C12H15NO3. The average Bonchev–Trinajstić information content (AvgIpc) is 2.94. The van der Waals surface area contributed by atoms with Gasteiger partial charge in [0.25, 0.3) is 5.69 Å². The second-order valence-corrected chi connectivity index (χ2v) is 4.37. The Kier molecular flexibility index (Phi) is 2.92. The van der Waals surface area contributed by atoms with Crippen LogP contribution in [0.4, 0.5) is 5.69 Å². The highest BCUT2D eigenvalue weighted by atomic mass is 16.6. The summed E-state index contributed by atoms with van der Waals surface area (Å²) in [5.41, 5.74) is 1.28. The summed E-state index contributed by atoms with van der Waals surface area (Å²) in [7, 11) is 0. The molecule has 0 spiro atoms. The van der Waals surface area contributed by atoms with E-state index < -0.39 is 0 Å². The van der Waals surface area contributed by atoms with Crippen molar-refractivity contribution in [2.45, 2.75) is 38.4 Å². The SMILES string of the molecule is CC(CC1OC1C)c1ccc([N+](=O)[O-])cc1. The van der Waals surface area contributed by atoms with Crippen LogP contribution < -0.4 is 0 Å². The summed E-state index contributed by atoms with van der Waals surface area (Å²) in [5.74, 6) is 0.385. The minimum absolute atomic E-state index is 0.145. The van der Waals surface area contributed by atoms with Crippen LogP contribution in [-0.2, 0) is 4.74 Å². The van der Waals surface area contributed by atoms with Crippen molar-refractivity contribution < 1.29 is 9.66 Å². The van der Waals surface area contributed by atoms with E-state index >= 15 is 0 Å². The van der Waals surface area contributed by atoms with Gasteiger partial charge in [-0.1, -0.05) is 19.1 Å². The molecule has 1 aromatic carbocycles. The molecule has 1 aliphatic heterocycles. The van der Waals surface area contributed by atoms with Crippen molar-refractivity contribution in [2.75, 3.05) is 0 Å². The van der Waals surface area contributed by atoms with Gasteiger partial charge in [0.2, 0.25) is 0 Å². The molecule has 1 saturated heterocycles. The van der Waals surface area contributed by atoms with Crippen LogP contribution in [0.2, 0.25) is 0 Å². The summed E-state index contributed by atoms with van der Waals surface area (Å²) in [5, 5.41) is 10.5. The van der Waals surface area contributed by atoms with Gasteiger partial charge >= 0.3 is 0 Å². The Bertz CT molecular complexity index is 388. The van der Waals surface area contributed by atoms with Crippen molar-refractivity contribution in [1.82, 2.24) is 0 Å². The molecule has 0 saturated carbocycles. The molecule has 1 heterocycles. The van der Waals surface area contributed by atoms with Gasteiger partial charge in [-0.2, -0.15) is 0 Å². The first-order valence-electron chi connectivity index (χ1n) is 5.47. The Labute approximate surface area is 94.4 Å². The van der Waals surface area contributed by atoms with Crippen LogP contribution in [0.5, 0.6) is 0 Å². The van der Waals surface area contributed by atoms with Crippen LogP contribution in [0.3, 0.4) is 0 Å². The fourth-order valence-electron chi connectivity index (χ4n) is 1.89. The third-order valence-electron chi connectivity index (χ3n) is 3.10. The quantitative estimate of drug-likeness (QED) is 0.446. The van der Waals surface area contributed by atoms with Gasteiger partial charge in [-0.05, 0) is 24.8 Å². The van der Waals surface area contributed by atoms with Gasteiger partial charge in [0, 0.05) is 12.1 Å². The van der Waals surface area contributed by atoms with Crippen LogP contribution >= 0.6 is 0 Å². The molecule has 0 aliphatic carbocycles. The maximum Gasteiger partial charge on any atom is 0.269 e. The minimum atomic E-state index is -0.374. The number of nitro groups is 1. The first-order valence-corrected chi connectivity index (χ1v) is 5.47. The maximum atomic E-state index is 10.5. The zero-order valence-corrected chi connectivity index (χ0v) is 9.42. The summed E-state index contributed by atoms with van der Waals surface area (Å²) < 4.78 is 5.36. The highest BCUT2D eigenvalue weighted by molar-refractivity contribution is 5.34. The predicted octanol–water partition coefficient (Wildman–Crippen LogP) is 2.88. The van der Waals surface area contributed by atoms with E-state index in [1.54, 1.807) is 12.1 Å². The highest BCUT2D eigenvalue weighted by Gasteiger charge is 2.35. The fraction of sp³-hybridized carbons (Fsp3) is 0.500. The van der Waals surface area contributed by atoms with E-state index in [1.165, 1.54) is 0 Å². The van der Waals surface area contributed by atoms with Gasteiger partial charge in [-0.3, -0.25) is 10.1 Å². The van der Waals surface area contributed by atoms with Crippen LogP contribution in [-0.4, -0.2) is 17.1 Å². The van der Waals surface area contributed by atoms with Crippen molar-refractivity contribution >= 4 is 5.69 Å². The molecule has 4 nitrogen and oxygen atoms in total. The second kappa shape index (κ2) is 4.22. The van der Waals surface area contributed by atoms with Gasteiger partial charge in [-0.15, -0.1) is 0 Å². The van der Waals surface area contributed by atoms with E-state index in [9.17, 15) is 10.1 Å². The van der Waals surface area contributed by atoms with Crippen molar-refractivity contribution in [3.8, 4) is 0 Å². The molecular weight excluding hydrogens is 206 g/mol. The zero-order valence-electron chi connectivity index (χ0n) is 9.42. The summed E-state index contributed by atoms with van der Waals surface area (Å²) in [6.07, 6.45) is 1.73. The molecule has 0 radical (unpaired) electrons. The average molecular weight is 221 g/mol. The zero-order chi connectivity index (χ0) is 11.7. The number of non-ortho nitro benzene ring substituents is 1.